The lowest BCUT2D eigenvalue weighted by molar-refractivity contribution is -0.122. The third-order valence-corrected chi connectivity index (χ3v) is 4.66. The van der Waals surface area contributed by atoms with Crippen LogP contribution in [-0.2, 0) is 14.6 Å². The molecule has 10 heteroatoms. The lowest BCUT2D eigenvalue weighted by Crippen LogP contribution is -2.51. The summed E-state index contributed by atoms with van der Waals surface area (Å²) in [5, 5.41) is 15.8. The summed E-state index contributed by atoms with van der Waals surface area (Å²) < 4.78 is 28.8. The van der Waals surface area contributed by atoms with Crippen LogP contribution in [0.15, 0.2) is 54.6 Å². The van der Waals surface area contributed by atoms with Crippen molar-refractivity contribution in [3.63, 3.8) is 0 Å². The maximum atomic E-state index is 12.2. The van der Waals surface area contributed by atoms with Crippen molar-refractivity contribution < 1.29 is 22.7 Å². The number of carbonyl (C=O) groups excluding carboxylic acids is 2. The summed E-state index contributed by atoms with van der Waals surface area (Å²) in [5.74, 6) is -0.0127. The fourth-order valence-electron chi connectivity index (χ4n) is 2.41. The number of nitriles is 1. The molecule has 2 rings (SSSR count). The number of para-hydroxylation sites is 1. The Labute approximate surface area is 175 Å². The van der Waals surface area contributed by atoms with Gasteiger partial charge in [-0.05, 0) is 36.4 Å². The van der Waals surface area contributed by atoms with Gasteiger partial charge in [-0.1, -0.05) is 18.2 Å². The number of hydrogen-bond acceptors (Lipinski definition) is 6. The summed E-state index contributed by atoms with van der Waals surface area (Å²) in [4.78, 5) is 24.4. The van der Waals surface area contributed by atoms with E-state index in [1.165, 1.54) is 0 Å². The third kappa shape index (κ3) is 8.20. The van der Waals surface area contributed by atoms with E-state index in [4.69, 9.17) is 10.00 Å². The van der Waals surface area contributed by atoms with Gasteiger partial charge in [0.2, 0.25) is 5.91 Å². The van der Waals surface area contributed by atoms with Crippen molar-refractivity contribution in [2.75, 3.05) is 23.9 Å². The predicted molar refractivity (Wildman–Crippen MR) is 112 cm³/mol. The van der Waals surface area contributed by atoms with Gasteiger partial charge in [0, 0.05) is 18.5 Å². The summed E-state index contributed by atoms with van der Waals surface area (Å²) in [7, 11) is -3.54. The van der Waals surface area contributed by atoms with Crippen LogP contribution in [0, 0.1) is 11.3 Å². The van der Waals surface area contributed by atoms with Crippen LogP contribution >= 0.6 is 0 Å². The van der Waals surface area contributed by atoms with Gasteiger partial charge in [0.15, 0.2) is 0 Å². The molecule has 0 fully saturated rings. The number of sulfone groups is 1. The minimum absolute atomic E-state index is 0.0573. The Morgan fingerprint density at radius 2 is 1.70 bits per heavy atom. The van der Waals surface area contributed by atoms with Crippen LogP contribution in [-0.4, -0.2) is 45.0 Å². The van der Waals surface area contributed by atoms with Gasteiger partial charge in [0.25, 0.3) is 0 Å². The summed E-state index contributed by atoms with van der Waals surface area (Å²) >= 11 is 0. The van der Waals surface area contributed by atoms with E-state index >= 15 is 0 Å². The van der Waals surface area contributed by atoms with Crippen LogP contribution in [0.5, 0.6) is 11.5 Å². The number of benzene rings is 2. The molecule has 158 valence electrons. The number of amides is 3. The van der Waals surface area contributed by atoms with Crippen LogP contribution in [0.25, 0.3) is 0 Å². The van der Waals surface area contributed by atoms with Gasteiger partial charge in [-0.15, -0.1) is 0 Å². The normalized spacial score (nSPS) is 11.6. The Kier molecular flexibility index (Phi) is 8.19. The summed E-state index contributed by atoms with van der Waals surface area (Å²) in [5.41, 5.74) is 0.427. The first-order valence-corrected chi connectivity index (χ1v) is 11.1. The number of anilines is 1. The molecule has 0 aliphatic rings. The van der Waals surface area contributed by atoms with Gasteiger partial charge in [-0.2, -0.15) is 5.26 Å². The highest BCUT2D eigenvalue weighted by Crippen LogP contribution is 2.22. The molecule has 3 amide bonds. The second kappa shape index (κ2) is 10.8. The third-order valence-electron chi connectivity index (χ3n) is 3.72. The monoisotopic (exact) mass is 430 g/mol. The van der Waals surface area contributed by atoms with Crippen molar-refractivity contribution in [1.29, 1.82) is 5.26 Å². The molecule has 0 radical (unpaired) electrons. The van der Waals surface area contributed by atoms with Crippen LogP contribution in [0.4, 0.5) is 10.5 Å². The molecule has 0 saturated heterocycles. The summed E-state index contributed by atoms with van der Waals surface area (Å²) in [6.45, 7) is 0.0573. The lowest BCUT2D eigenvalue weighted by atomic mass is 10.3. The molecular weight excluding hydrogens is 408 g/mol. The Hall–Kier alpha value is -3.58. The molecule has 0 aliphatic heterocycles. The SMILES string of the molecule is CS(=O)(=O)CC(NC(=O)Nc1ccc(Oc2ccccc2)cc1)C(=O)NCCC#N. The predicted octanol–water partition coefficient (Wildman–Crippen LogP) is 2.04. The first-order chi connectivity index (χ1) is 14.3. The fraction of sp³-hybridized carbons (Fsp3) is 0.250. The van der Waals surface area contributed by atoms with Crippen molar-refractivity contribution >= 4 is 27.5 Å². The zero-order valence-electron chi connectivity index (χ0n) is 16.3. The smallest absolute Gasteiger partial charge is 0.319 e. The van der Waals surface area contributed by atoms with Gasteiger partial charge in [0.05, 0.1) is 18.2 Å². The van der Waals surface area contributed by atoms with Crippen LogP contribution in [0.2, 0.25) is 0 Å². The van der Waals surface area contributed by atoms with E-state index in [0.717, 1.165) is 6.26 Å². The summed E-state index contributed by atoms with van der Waals surface area (Å²) in [6.07, 6.45) is 1.04. The largest absolute Gasteiger partial charge is 0.457 e. The van der Waals surface area contributed by atoms with Gasteiger partial charge in [-0.3, -0.25) is 4.79 Å². The Balaban J connectivity index is 1.96. The van der Waals surface area contributed by atoms with Crippen molar-refractivity contribution in [2.24, 2.45) is 0 Å². The van der Waals surface area contributed by atoms with Crippen LogP contribution in [0.3, 0.4) is 0 Å². The first-order valence-electron chi connectivity index (χ1n) is 9.00. The molecule has 0 spiro atoms. The Morgan fingerprint density at radius 3 is 2.30 bits per heavy atom. The minimum atomic E-state index is -3.54. The van der Waals surface area contributed by atoms with Crippen LogP contribution < -0.4 is 20.7 Å². The highest BCUT2D eigenvalue weighted by atomic mass is 32.2. The van der Waals surface area contributed by atoms with E-state index in [-0.39, 0.29) is 13.0 Å². The highest BCUT2D eigenvalue weighted by Gasteiger charge is 2.24. The molecule has 30 heavy (non-hydrogen) atoms. The van der Waals surface area contributed by atoms with Crippen molar-refractivity contribution in [3.8, 4) is 17.6 Å². The van der Waals surface area contributed by atoms with E-state index in [9.17, 15) is 18.0 Å². The first kappa shape index (κ1) is 22.7. The second-order valence-corrected chi connectivity index (χ2v) is 8.57. The lowest BCUT2D eigenvalue weighted by Gasteiger charge is -2.18. The molecule has 0 heterocycles. The van der Waals surface area contributed by atoms with Crippen molar-refractivity contribution in [2.45, 2.75) is 12.5 Å². The molecular formula is C20H22N4O5S. The molecule has 0 aromatic heterocycles. The topological polar surface area (TPSA) is 137 Å². The second-order valence-electron chi connectivity index (χ2n) is 6.38. The fourth-order valence-corrected chi connectivity index (χ4v) is 3.25. The van der Waals surface area contributed by atoms with Crippen LogP contribution in [0.1, 0.15) is 6.42 Å². The number of nitrogens with zero attached hydrogens (tertiary/aromatic N) is 1. The molecule has 1 unspecified atom stereocenters. The number of ether oxygens (including phenoxy) is 1. The van der Waals surface area contributed by atoms with E-state index in [1.54, 1.807) is 24.3 Å². The van der Waals surface area contributed by atoms with Gasteiger partial charge in [-0.25, -0.2) is 13.2 Å². The van der Waals surface area contributed by atoms with Gasteiger partial charge >= 0.3 is 6.03 Å². The van der Waals surface area contributed by atoms with Gasteiger partial charge in [0.1, 0.15) is 27.4 Å². The molecule has 9 nitrogen and oxygen atoms in total. The summed E-state index contributed by atoms with van der Waals surface area (Å²) in [6, 6.07) is 15.5. The molecule has 2 aromatic carbocycles. The molecule has 3 N–H and O–H groups in total. The van der Waals surface area contributed by atoms with E-state index < -0.39 is 33.6 Å². The van der Waals surface area contributed by atoms with E-state index in [1.807, 2.05) is 36.4 Å². The van der Waals surface area contributed by atoms with Crippen molar-refractivity contribution in [3.05, 3.63) is 54.6 Å². The number of urea groups is 1. The van der Waals surface area contributed by atoms with Crippen molar-refractivity contribution in [1.82, 2.24) is 10.6 Å². The molecule has 2 aromatic rings. The zero-order chi connectivity index (χ0) is 22.0. The van der Waals surface area contributed by atoms with E-state index in [0.29, 0.717) is 17.2 Å². The molecule has 0 saturated carbocycles. The van der Waals surface area contributed by atoms with Gasteiger partial charge < -0.3 is 20.7 Å². The average Bonchev–Trinajstić information content (AvgIpc) is 2.69. The van der Waals surface area contributed by atoms with E-state index in [2.05, 4.69) is 16.0 Å². The molecule has 1 atom stereocenters. The molecule has 0 aliphatic carbocycles. The average molecular weight is 430 g/mol. The Morgan fingerprint density at radius 1 is 1.07 bits per heavy atom. The number of carbonyl (C=O) groups is 2. The number of hydrogen-bond donors (Lipinski definition) is 3. The zero-order valence-corrected chi connectivity index (χ0v) is 17.1. The number of nitrogens with one attached hydrogen (secondary N) is 3. The standard InChI is InChI=1S/C20H22N4O5S/c1-30(27,28)14-18(19(25)22-13-5-12-21)24-20(26)23-15-8-10-17(11-9-15)29-16-6-3-2-4-7-16/h2-4,6-11,18H,5,13-14H2,1H3,(H,22,25)(H2,23,24,26). The Bertz CT molecular complexity index is 1000. The maximum absolute atomic E-state index is 12.2. The number of rotatable bonds is 9. The minimum Gasteiger partial charge on any atom is -0.457 e. The molecule has 0 bridgehead atoms. The highest BCUT2D eigenvalue weighted by molar-refractivity contribution is 7.90. The maximum Gasteiger partial charge on any atom is 0.319 e. The quantitative estimate of drug-likeness (QED) is 0.521.